The Morgan fingerprint density at radius 2 is 2.16 bits per heavy atom. The van der Waals surface area contributed by atoms with E-state index < -0.39 is 5.60 Å². The molecule has 0 aliphatic carbocycles. The van der Waals surface area contributed by atoms with E-state index in [0.29, 0.717) is 11.7 Å². The number of aliphatic imine (C=N–C) groups is 1. The summed E-state index contributed by atoms with van der Waals surface area (Å²) >= 11 is 0. The van der Waals surface area contributed by atoms with Gasteiger partial charge < -0.3 is 20.2 Å². The van der Waals surface area contributed by atoms with Gasteiger partial charge in [0, 0.05) is 25.8 Å². The Balaban J connectivity index is 1.84. The van der Waals surface area contributed by atoms with Gasteiger partial charge in [0.1, 0.15) is 17.1 Å². The Labute approximate surface area is 149 Å². The Hall–Kier alpha value is -2.28. The molecule has 2 aromatic rings. The van der Waals surface area contributed by atoms with E-state index in [2.05, 4.69) is 20.7 Å². The number of aryl methyl sites for hydroxylation is 3. The minimum Gasteiger partial charge on any atom is -0.463 e. The van der Waals surface area contributed by atoms with Crippen LogP contribution in [-0.2, 0) is 12.1 Å². The van der Waals surface area contributed by atoms with E-state index in [-0.39, 0.29) is 6.54 Å². The maximum Gasteiger partial charge on any atom is 0.191 e. The molecule has 0 aromatic carbocycles. The maximum absolute atomic E-state index is 10.6. The van der Waals surface area contributed by atoms with E-state index in [1.54, 1.807) is 13.0 Å². The lowest BCUT2D eigenvalue weighted by Crippen LogP contribution is -2.39. The van der Waals surface area contributed by atoms with Crippen LogP contribution in [-0.4, -0.2) is 40.5 Å². The first-order valence-electron chi connectivity index (χ1n) is 8.71. The second kappa shape index (κ2) is 8.71. The van der Waals surface area contributed by atoms with Gasteiger partial charge in [-0.05, 0) is 51.8 Å². The quantitative estimate of drug-likeness (QED) is 0.386. The molecule has 138 valence electrons. The predicted octanol–water partition coefficient (Wildman–Crippen LogP) is 1.95. The molecule has 3 N–H and O–H groups in total. The summed E-state index contributed by atoms with van der Waals surface area (Å²) in [6.45, 7) is 10.2. The predicted molar refractivity (Wildman–Crippen MR) is 98.6 cm³/mol. The maximum atomic E-state index is 10.6. The minimum atomic E-state index is -1.14. The minimum absolute atomic E-state index is 0.216. The molecule has 0 saturated carbocycles. The summed E-state index contributed by atoms with van der Waals surface area (Å²) in [6.07, 6.45) is 4.82. The molecule has 0 spiro atoms. The molecule has 2 rings (SSSR count). The van der Waals surface area contributed by atoms with Gasteiger partial charge in [-0.25, -0.2) is 4.99 Å². The summed E-state index contributed by atoms with van der Waals surface area (Å²) in [7, 11) is 0. The molecular formula is C18H29N5O2. The lowest BCUT2D eigenvalue weighted by atomic mass is 10.0. The molecule has 2 aromatic heterocycles. The summed E-state index contributed by atoms with van der Waals surface area (Å²) < 4.78 is 7.46. The van der Waals surface area contributed by atoms with Gasteiger partial charge in [0.15, 0.2) is 5.96 Å². The second-order valence-electron chi connectivity index (χ2n) is 6.44. The van der Waals surface area contributed by atoms with Crippen LogP contribution in [0.1, 0.15) is 37.4 Å². The Bertz CT molecular complexity index is 687. The standard InChI is InChI=1S/C18H29N5O2/c1-5-19-17(20-9-6-10-23-12-14(2)11-22-23)21-13-18(4,24)16-8-7-15(3)25-16/h7-8,11-12,24H,5-6,9-10,13H2,1-4H3,(H2,19,20,21). The molecule has 25 heavy (non-hydrogen) atoms. The van der Waals surface area contributed by atoms with Crippen LogP contribution >= 0.6 is 0 Å². The highest BCUT2D eigenvalue weighted by Crippen LogP contribution is 2.22. The van der Waals surface area contributed by atoms with Gasteiger partial charge in [-0.1, -0.05) is 0 Å². The molecule has 7 nitrogen and oxygen atoms in total. The average molecular weight is 347 g/mol. The number of rotatable bonds is 8. The number of guanidine groups is 1. The fraction of sp³-hybridized carbons (Fsp3) is 0.556. The zero-order valence-electron chi connectivity index (χ0n) is 15.5. The molecular weight excluding hydrogens is 318 g/mol. The van der Waals surface area contributed by atoms with Crippen LogP contribution in [0, 0.1) is 13.8 Å². The normalized spacial score (nSPS) is 14.4. The van der Waals surface area contributed by atoms with Crippen molar-refractivity contribution in [2.75, 3.05) is 19.6 Å². The fourth-order valence-corrected chi connectivity index (χ4v) is 2.41. The molecule has 0 aliphatic heterocycles. The van der Waals surface area contributed by atoms with Crippen molar-refractivity contribution in [3.05, 3.63) is 41.6 Å². The molecule has 7 heteroatoms. The van der Waals surface area contributed by atoms with Crippen LogP contribution in [0.25, 0.3) is 0 Å². The zero-order chi connectivity index (χ0) is 18.3. The monoisotopic (exact) mass is 347 g/mol. The number of furan rings is 1. The van der Waals surface area contributed by atoms with Crippen LogP contribution < -0.4 is 10.6 Å². The molecule has 2 heterocycles. The first kappa shape index (κ1) is 19.1. The molecule has 0 saturated heterocycles. The lowest BCUT2D eigenvalue weighted by molar-refractivity contribution is 0.0428. The fourth-order valence-electron chi connectivity index (χ4n) is 2.41. The van der Waals surface area contributed by atoms with Crippen LogP contribution in [0.15, 0.2) is 33.9 Å². The average Bonchev–Trinajstić information content (AvgIpc) is 3.18. The number of hydrogen-bond acceptors (Lipinski definition) is 4. The van der Waals surface area contributed by atoms with Crippen molar-refractivity contribution >= 4 is 5.96 Å². The smallest absolute Gasteiger partial charge is 0.191 e. The third kappa shape index (κ3) is 5.94. The third-order valence-corrected chi connectivity index (χ3v) is 3.78. The highest BCUT2D eigenvalue weighted by molar-refractivity contribution is 5.79. The Morgan fingerprint density at radius 1 is 1.36 bits per heavy atom. The van der Waals surface area contributed by atoms with Crippen molar-refractivity contribution in [2.45, 2.75) is 46.3 Å². The largest absolute Gasteiger partial charge is 0.463 e. The van der Waals surface area contributed by atoms with E-state index in [9.17, 15) is 5.11 Å². The van der Waals surface area contributed by atoms with Gasteiger partial charge in [-0.15, -0.1) is 0 Å². The molecule has 0 radical (unpaired) electrons. The number of hydrogen-bond donors (Lipinski definition) is 3. The van der Waals surface area contributed by atoms with Crippen molar-refractivity contribution in [1.82, 2.24) is 20.4 Å². The van der Waals surface area contributed by atoms with Gasteiger partial charge >= 0.3 is 0 Å². The lowest BCUT2D eigenvalue weighted by Gasteiger charge is -2.19. The molecule has 0 aliphatic rings. The van der Waals surface area contributed by atoms with Crippen LogP contribution in [0.4, 0.5) is 0 Å². The van der Waals surface area contributed by atoms with Gasteiger partial charge in [0.2, 0.25) is 0 Å². The van der Waals surface area contributed by atoms with Crippen molar-refractivity contribution in [3.63, 3.8) is 0 Å². The van der Waals surface area contributed by atoms with Crippen LogP contribution in [0.5, 0.6) is 0 Å². The van der Waals surface area contributed by atoms with Crippen molar-refractivity contribution in [2.24, 2.45) is 4.99 Å². The second-order valence-corrected chi connectivity index (χ2v) is 6.44. The molecule has 0 fully saturated rings. The van der Waals surface area contributed by atoms with Gasteiger partial charge in [0.25, 0.3) is 0 Å². The Kier molecular flexibility index (Phi) is 6.64. The first-order valence-corrected chi connectivity index (χ1v) is 8.71. The van der Waals surface area contributed by atoms with Gasteiger partial charge in [-0.2, -0.15) is 5.10 Å². The highest BCUT2D eigenvalue weighted by Gasteiger charge is 2.26. The van der Waals surface area contributed by atoms with Crippen molar-refractivity contribution < 1.29 is 9.52 Å². The van der Waals surface area contributed by atoms with E-state index in [0.717, 1.165) is 31.8 Å². The summed E-state index contributed by atoms with van der Waals surface area (Å²) in [6, 6.07) is 3.63. The topological polar surface area (TPSA) is 87.6 Å². The van der Waals surface area contributed by atoms with E-state index in [1.807, 2.05) is 43.9 Å². The van der Waals surface area contributed by atoms with E-state index in [1.165, 1.54) is 5.56 Å². The molecule has 0 amide bonds. The molecule has 1 unspecified atom stereocenters. The molecule has 1 atom stereocenters. The van der Waals surface area contributed by atoms with Crippen molar-refractivity contribution in [3.8, 4) is 0 Å². The SMILES string of the molecule is CCNC(=NCC(C)(O)c1ccc(C)o1)NCCCn1cc(C)cn1. The first-order chi connectivity index (χ1) is 11.9. The molecule has 0 bridgehead atoms. The summed E-state index contributed by atoms with van der Waals surface area (Å²) in [5.74, 6) is 1.99. The summed E-state index contributed by atoms with van der Waals surface area (Å²) in [5.41, 5.74) is 0.0293. The van der Waals surface area contributed by atoms with Crippen LogP contribution in [0.2, 0.25) is 0 Å². The zero-order valence-corrected chi connectivity index (χ0v) is 15.5. The third-order valence-electron chi connectivity index (χ3n) is 3.78. The van der Waals surface area contributed by atoms with Crippen molar-refractivity contribution in [1.29, 1.82) is 0 Å². The van der Waals surface area contributed by atoms with E-state index in [4.69, 9.17) is 4.42 Å². The van der Waals surface area contributed by atoms with Crippen LogP contribution in [0.3, 0.4) is 0 Å². The van der Waals surface area contributed by atoms with E-state index >= 15 is 0 Å². The summed E-state index contributed by atoms with van der Waals surface area (Å²) in [5, 5.41) is 21.3. The number of nitrogens with zero attached hydrogens (tertiary/aromatic N) is 3. The van der Waals surface area contributed by atoms with Gasteiger partial charge in [0.05, 0.1) is 12.7 Å². The number of aromatic nitrogens is 2. The Morgan fingerprint density at radius 3 is 2.76 bits per heavy atom. The van der Waals surface area contributed by atoms with Gasteiger partial charge in [-0.3, -0.25) is 4.68 Å². The number of aliphatic hydroxyl groups is 1. The summed E-state index contributed by atoms with van der Waals surface area (Å²) in [4.78, 5) is 4.48. The highest BCUT2D eigenvalue weighted by atomic mass is 16.4. The number of nitrogens with one attached hydrogen (secondary N) is 2.